The summed E-state index contributed by atoms with van der Waals surface area (Å²) < 4.78 is 16.6. The van der Waals surface area contributed by atoms with Gasteiger partial charge in [0.25, 0.3) is 0 Å². The van der Waals surface area contributed by atoms with Crippen LogP contribution in [0.25, 0.3) is 0 Å². The molecule has 0 aliphatic carbocycles. The van der Waals surface area contributed by atoms with Crippen molar-refractivity contribution >= 4 is 17.9 Å². The molecule has 6 nitrogen and oxygen atoms in total. The van der Waals surface area contributed by atoms with E-state index in [9.17, 15) is 14.4 Å². The Bertz CT molecular complexity index is 766. The van der Waals surface area contributed by atoms with E-state index in [1.807, 2.05) is 0 Å². The predicted octanol–water partition coefficient (Wildman–Crippen LogP) is 13.4. The van der Waals surface area contributed by atoms with E-state index in [1.165, 1.54) is 122 Å². The van der Waals surface area contributed by atoms with Crippen LogP contribution in [-0.2, 0) is 28.6 Å². The minimum Gasteiger partial charge on any atom is -0.462 e. The van der Waals surface area contributed by atoms with Gasteiger partial charge in [0.2, 0.25) is 0 Å². The molecule has 0 aliphatic heterocycles. The Morgan fingerprint density at radius 1 is 0.420 bits per heavy atom. The van der Waals surface area contributed by atoms with Crippen molar-refractivity contribution in [3.8, 4) is 0 Å². The van der Waals surface area contributed by atoms with Crippen LogP contribution in [0.1, 0.15) is 234 Å². The number of unbranched alkanes of at least 4 members (excludes halogenated alkanes) is 22. The maximum Gasteiger partial charge on any atom is 0.306 e. The summed E-state index contributed by atoms with van der Waals surface area (Å²) in [6.45, 7) is 11.3. The second-order valence-corrected chi connectivity index (χ2v) is 15.7. The quantitative estimate of drug-likeness (QED) is 0.0361. The number of carbonyl (C=O) groups excluding carboxylic acids is 3. The zero-order valence-corrected chi connectivity index (χ0v) is 34.0. The van der Waals surface area contributed by atoms with E-state index in [4.69, 9.17) is 14.2 Å². The predicted molar refractivity (Wildman–Crippen MR) is 210 cm³/mol. The van der Waals surface area contributed by atoms with E-state index >= 15 is 0 Å². The van der Waals surface area contributed by atoms with Gasteiger partial charge in [0.1, 0.15) is 13.2 Å². The molecule has 50 heavy (non-hydrogen) atoms. The number of rotatable bonds is 38. The average Bonchev–Trinajstić information content (AvgIpc) is 3.09. The molecule has 0 amide bonds. The summed E-state index contributed by atoms with van der Waals surface area (Å²) in [5, 5.41) is 0. The molecule has 0 aromatic heterocycles. The van der Waals surface area contributed by atoms with Crippen LogP contribution in [0.2, 0.25) is 0 Å². The van der Waals surface area contributed by atoms with Gasteiger partial charge in [-0.3, -0.25) is 14.4 Å². The molecule has 0 rings (SSSR count). The largest absolute Gasteiger partial charge is 0.462 e. The molecule has 0 heterocycles. The highest BCUT2D eigenvalue weighted by molar-refractivity contribution is 5.71. The molecule has 0 aromatic carbocycles. The summed E-state index contributed by atoms with van der Waals surface area (Å²) in [7, 11) is 0. The highest BCUT2D eigenvalue weighted by Crippen LogP contribution is 2.17. The summed E-state index contributed by atoms with van der Waals surface area (Å²) in [5.41, 5.74) is 0. The highest BCUT2D eigenvalue weighted by atomic mass is 16.6. The lowest BCUT2D eigenvalue weighted by Crippen LogP contribution is -2.30. The van der Waals surface area contributed by atoms with Crippen LogP contribution in [0.4, 0.5) is 0 Å². The highest BCUT2D eigenvalue weighted by Gasteiger charge is 2.19. The van der Waals surface area contributed by atoms with Crippen molar-refractivity contribution in [2.45, 2.75) is 240 Å². The minimum absolute atomic E-state index is 0.0665. The Labute approximate surface area is 310 Å². The normalized spacial score (nSPS) is 12.6. The van der Waals surface area contributed by atoms with Gasteiger partial charge in [-0.05, 0) is 31.1 Å². The second kappa shape index (κ2) is 37.2. The van der Waals surface area contributed by atoms with Crippen LogP contribution in [0, 0.1) is 11.8 Å². The van der Waals surface area contributed by atoms with Gasteiger partial charge in [-0.1, -0.05) is 195 Å². The topological polar surface area (TPSA) is 78.9 Å². The zero-order valence-electron chi connectivity index (χ0n) is 34.0. The van der Waals surface area contributed by atoms with Gasteiger partial charge in [0, 0.05) is 19.3 Å². The molecule has 0 aliphatic rings. The molecule has 0 saturated carbocycles. The van der Waals surface area contributed by atoms with E-state index in [0.717, 1.165) is 69.6 Å². The third kappa shape index (κ3) is 36.2. The van der Waals surface area contributed by atoms with E-state index < -0.39 is 6.10 Å². The van der Waals surface area contributed by atoms with Crippen LogP contribution in [0.5, 0.6) is 0 Å². The smallest absolute Gasteiger partial charge is 0.306 e. The number of hydrogen-bond donors (Lipinski definition) is 0. The lowest BCUT2D eigenvalue weighted by Gasteiger charge is -2.18. The van der Waals surface area contributed by atoms with Crippen molar-refractivity contribution < 1.29 is 28.6 Å². The van der Waals surface area contributed by atoms with Crippen molar-refractivity contribution in [2.75, 3.05) is 13.2 Å². The second-order valence-electron chi connectivity index (χ2n) is 15.7. The molecule has 296 valence electrons. The molecule has 0 radical (unpaired) electrons. The fraction of sp³-hybridized carbons (Fsp3) is 0.932. The lowest BCUT2D eigenvalue weighted by atomic mass is 10.00. The summed E-state index contributed by atoms with van der Waals surface area (Å²) in [6.07, 6.45) is 33.8. The summed E-state index contributed by atoms with van der Waals surface area (Å²) in [4.78, 5) is 37.5. The van der Waals surface area contributed by atoms with Crippen LogP contribution in [0.3, 0.4) is 0 Å². The van der Waals surface area contributed by atoms with Crippen LogP contribution >= 0.6 is 0 Å². The summed E-state index contributed by atoms with van der Waals surface area (Å²) in [5.74, 6) is 0.778. The number of ether oxygens (including phenoxy) is 3. The molecule has 0 fully saturated rings. The first-order valence-corrected chi connectivity index (χ1v) is 21.8. The molecule has 0 N–H and O–H groups in total. The molecule has 0 bridgehead atoms. The zero-order chi connectivity index (χ0) is 36.9. The molecular formula is C44H84O6. The fourth-order valence-electron chi connectivity index (χ4n) is 6.37. The number of esters is 3. The van der Waals surface area contributed by atoms with E-state index in [0.29, 0.717) is 19.3 Å². The SMILES string of the molecule is CCCCCCCCCC(=O)OC[C@@H](COC(=O)CCCCCCCCC(C)CC)OC(=O)CCCCCCCCCCCCCCC(C)C. The van der Waals surface area contributed by atoms with Crippen LogP contribution in [0.15, 0.2) is 0 Å². The molecule has 1 unspecified atom stereocenters. The Hall–Kier alpha value is -1.59. The Morgan fingerprint density at radius 3 is 1.14 bits per heavy atom. The molecule has 0 saturated heterocycles. The first kappa shape index (κ1) is 48.4. The van der Waals surface area contributed by atoms with Gasteiger partial charge in [0.15, 0.2) is 6.10 Å². The molecule has 6 heteroatoms. The Morgan fingerprint density at radius 2 is 0.760 bits per heavy atom. The van der Waals surface area contributed by atoms with Gasteiger partial charge < -0.3 is 14.2 Å². The Kier molecular flexibility index (Phi) is 36.0. The van der Waals surface area contributed by atoms with Crippen molar-refractivity contribution in [1.82, 2.24) is 0 Å². The molecule has 2 atom stereocenters. The van der Waals surface area contributed by atoms with Gasteiger partial charge in [-0.15, -0.1) is 0 Å². The van der Waals surface area contributed by atoms with Crippen molar-refractivity contribution in [1.29, 1.82) is 0 Å². The molecule has 0 aromatic rings. The van der Waals surface area contributed by atoms with Crippen LogP contribution < -0.4 is 0 Å². The van der Waals surface area contributed by atoms with Crippen molar-refractivity contribution in [3.05, 3.63) is 0 Å². The maximum absolute atomic E-state index is 12.7. The van der Waals surface area contributed by atoms with Gasteiger partial charge in [-0.2, -0.15) is 0 Å². The van der Waals surface area contributed by atoms with Crippen molar-refractivity contribution in [3.63, 3.8) is 0 Å². The van der Waals surface area contributed by atoms with E-state index in [1.54, 1.807) is 0 Å². The molecule has 0 spiro atoms. The van der Waals surface area contributed by atoms with E-state index in [2.05, 4.69) is 34.6 Å². The van der Waals surface area contributed by atoms with Gasteiger partial charge in [0.05, 0.1) is 0 Å². The fourth-order valence-corrected chi connectivity index (χ4v) is 6.37. The first-order chi connectivity index (χ1) is 24.3. The standard InChI is InChI=1S/C44H84O6/c1-6-8-9-10-17-24-29-34-42(45)48-37-41(38-49-43(46)35-30-25-21-20-23-28-33-40(5)7-2)50-44(47)36-31-26-19-16-14-12-11-13-15-18-22-27-32-39(3)4/h39-41H,6-38H2,1-5H3/t40?,41-/m0/s1. The summed E-state index contributed by atoms with van der Waals surface area (Å²) >= 11 is 0. The maximum atomic E-state index is 12.7. The lowest BCUT2D eigenvalue weighted by molar-refractivity contribution is -0.167. The van der Waals surface area contributed by atoms with Gasteiger partial charge in [-0.25, -0.2) is 0 Å². The summed E-state index contributed by atoms with van der Waals surface area (Å²) in [6, 6.07) is 0. The monoisotopic (exact) mass is 709 g/mol. The number of hydrogen-bond acceptors (Lipinski definition) is 6. The third-order valence-corrected chi connectivity index (χ3v) is 10.1. The van der Waals surface area contributed by atoms with Crippen LogP contribution in [-0.4, -0.2) is 37.2 Å². The third-order valence-electron chi connectivity index (χ3n) is 10.1. The van der Waals surface area contributed by atoms with Crippen molar-refractivity contribution in [2.24, 2.45) is 11.8 Å². The average molecular weight is 709 g/mol. The van der Waals surface area contributed by atoms with Gasteiger partial charge >= 0.3 is 17.9 Å². The molecular weight excluding hydrogens is 624 g/mol. The Balaban J connectivity index is 4.29. The minimum atomic E-state index is -0.759. The van der Waals surface area contributed by atoms with E-state index in [-0.39, 0.29) is 31.1 Å². The first-order valence-electron chi connectivity index (χ1n) is 21.8. The number of carbonyl (C=O) groups is 3.